The van der Waals surface area contributed by atoms with Gasteiger partial charge >= 0.3 is 11.9 Å². The Morgan fingerprint density at radius 2 is 1.63 bits per heavy atom. The average molecular weight is 880 g/mol. The van der Waals surface area contributed by atoms with E-state index in [1.54, 1.807) is 27.9 Å². The number of hydrogen-bond donors (Lipinski definition) is 4. The first-order chi connectivity index (χ1) is 28.9. The number of aliphatic hydroxyl groups excluding tert-OH is 1. The number of methoxy groups -OCH3 is 1. The molecule has 0 bridgehead atoms. The fourth-order valence-corrected chi connectivity index (χ4v) is 10.2. The maximum atomic E-state index is 14.5. The maximum Gasteiger partial charge on any atom is 0.311 e. The van der Waals surface area contributed by atoms with Crippen molar-refractivity contribution in [2.45, 2.75) is 199 Å². The molecule has 0 radical (unpaired) electrons. The number of hydrogen-bond acceptors (Lipinski definition) is 15. The van der Waals surface area contributed by atoms with E-state index in [0.717, 1.165) is 5.56 Å². The first-order valence-electron chi connectivity index (χ1n) is 22.7. The quantitative estimate of drug-likeness (QED) is 0.232. The van der Waals surface area contributed by atoms with E-state index < -0.39 is 95.7 Å². The van der Waals surface area contributed by atoms with Crippen molar-refractivity contribution >= 4 is 11.9 Å². The van der Waals surface area contributed by atoms with Crippen molar-refractivity contribution < 1.29 is 58.1 Å². The Labute approximate surface area is 371 Å². The zero-order valence-electron chi connectivity index (χ0n) is 40.2. The summed E-state index contributed by atoms with van der Waals surface area (Å²) in [6, 6.07) is 9.32. The Morgan fingerprint density at radius 1 is 0.984 bits per heavy atom. The van der Waals surface area contributed by atoms with Crippen molar-refractivity contribution in [3.05, 3.63) is 35.9 Å². The molecule has 3 aliphatic heterocycles. The molecule has 1 aromatic carbocycles. The van der Waals surface area contributed by atoms with Gasteiger partial charge < -0.3 is 63.6 Å². The van der Waals surface area contributed by atoms with E-state index in [9.17, 15) is 24.9 Å². The average Bonchev–Trinajstić information content (AvgIpc) is 3.19. The molecule has 0 aromatic heterocycles. The molecule has 0 saturated carbocycles. The molecule has 356 valence electrons. The standard InChI is InChI=1S/C47H81N3O12/c1-16-36-47(11,55)41(52)27(2)26-50(14)28(3)23-45(9,54)42(62-44-39(59-33(8)51)35(49(12)13)22-29(4)57-44)30(5)38(31(6)43(53)60-36)61-37-24-46(10,56-15)40(32(7)58-37)48-25-34-20-18-17-19-21-34/h17-21,27-32,35-42,44,48,52,54-55H,16,22-26H2,1-15H3/t27-,28+,29+,30-,31+,32-,35-,36+,37-,38-,39+,40-,41+,42+,44-,45+,46+,47+/m0/s1. The molecule has 3 saturated heterocycles. The summed E-state index contributed by atoms with van der Waals surface area (Å²) in [5, 5.41) is 40.0. The highest BCUT2D eigenvalue weighted by Crippen LogP contribution is 2.40. The van der Waals surface area contributed by atoms with Gasteiger partial charge in [0, 0.05) is 45.5 Å². The van der Waals surface area contributed by atoms with Crippen LogP contribution in [0.15, 0.2) is 30.3 Å². The van der Waals surface area contributed by atoms with Crippen LogP contribution in [0.25, 0.3) is 0 Å². The van der Waals surface area contributed by atoms with Crippen LogP contribution in [0.4, 0.5) is 0 Å². The lowest BCUT2D eigenvalue weighted by Gasteiger charge is -2.50. The predicted octanol–water partition coefficient (Wildman–Crippen LogP) is 4.27. The van der Waals surface area contributed by atoms with Crippen molar-refractivity contribution in [3.8, 4) is 0 Å². The van der Waals surface area contributed by atoms with Gasteiger partial charge in [0.1, 0.15) is 11.7 Å². The second-order valence-corrected chi connectivity index (χ2v) is 19.6. The molecule has 15 heteroatoms. The minimum absolute atomic E-state index is 0.186. The van der Waals surface area contributed by atoms with Crippen LogP contribution < -0.4 is 5.32 Å². The molecule has 4 rings (SSSR count). The van der Waals surface area contributed by atoms with E-state index in [4.69, 9.17) is 33.2 Å². The molecule has 3 aliphatic rings. The lowest BCUT2D eigenvalue weighted by molar-refractivity contribution is -0.313. The van der Waals surface area contributed by atoms with Gasteiger partial charge in [-0.05, 0) is 100 Å². The highest BCUT2D eigenvalue weighted by atomic mass is 16.7. The van der Waals surface area contributed by atoms with Crippen molar-refractivity contribution in [1.29, 1.82) is 0 Å². The Hall–Kier alpha value is -2.28. The van der Waals surface area contributed by atoms with Gasteiger partial charge in [-0.2, -0.15) is 0 Å². The lowest BCUT2D eigenvalue weighted by atomic mass is 9.78. The van der Waals surface area contributed by atoms with Gasteiger partial charge in [0.15, 0.2) is 18.7 Å². The summed E-state index contributed by atoms with van der Waals surface area (Å²) in [5.41, 5.74) is -3.05. The van der Waals surface area contributed by atoms with Gasteiger partial charge in [0.05, 0.1) is 59.7 Å². The molecule has 3 fully saturated rings. The largest absolute Gasteiger partial charge is 0.459 e. The van der Waals surface area contributed by atoms with Crippen molar-refractivity contribution in [3.63, 3.8) is 0 Å². The van der Waals surface area contributed by atoms with E-state index in [2.05, 4.69) is 17.4 Å². The van der Waals surface area contributed by atoms with Crippen LogP contribution >= 0.6 is 0 Å². The highest BCUT2D eigenvalue weighted by molar-refractivity contribution is 5.73. The van der Waals surface area contributed by atoms with Crippen LogP contribution in [-0.2, 0) is 49.3 Å². The molecule has 0 unspecified atom stereocenters. The van der Waals surface area contributed by atoms with E-state index in [1.807, 2.05) is 90.7 Å². The van der Waals surface area contributed by atoms with Gasteiger partial charge in [-0.15, -0.1) is 0 Å². The number of aliphatic hydroxyl groups is 3. The fourth-order valence-electron chi connectivity index (χ4n) is 10.2. The second-order valence-electron chi connectivity index (χ2n) is 19.6. The summed E-state index contributed by atoms with van der Waals surface area (Å²) in [7, 11) is 7.39. The van der Waals surface area contributed by atoms with Crippen LogP contribution in [0.1, 0.15) is 107 Å². The van der Waals surface area contributed by atoms with Crippen molar-refractivity contribution in [1.82, 2.24) is 15.1 Å². The van der Waals surface area contributed by atoms with Crippen LogP contribution in [0.3, 0.4) is 0 Å². The summed E-state index contributed by atoms with van der Waals surface area (Å²) in [5.74, 6) is -3.39. The summed E-state index contributed by atoms with van der Waals surface area (Å²) >= 11 is 0. The van der Waals surface area contributed by atoms with Crippen LogP contribution in [0.5, 0.6) is 0 Å². The highest BCUT2D eigenvalue weighted by Gasteiger charge is 2.53. The topological polar surface area (TPSA) is 178 Å². The summed E-state index contributed by atoms with van der Waals surface area (Å²) in [6.45, 7) is 20.6. The molecule has 4 N–H and O–H groups in total. The van der Waals surface area contributed by atoms with Gasteiger partial charge in [0.25, 0.3) is 0 Å². The maximum absolute atomic E-state index is 14.5. The third-order valence-corrected chi connectivity index (χ3v) is 14.0. The molecule has 15 nitrogen and oxygen atoms in total. The van der Waals surface area contributed by atoms with Crippen LogP contribution in [0, 0.1) is 17.8 Å². The van der Waals surface area contributed by atoms with Gasteiger partial charge in [0.2, 0.25) is 0 Å². The minimum Gasteiger partial charge on any atom is -0.459 e. The van der Waals surface area contributed by atoms with Crippen molar-refractivity contribution in [2.24, 2.45) is 17.8 Å². The number of ether oxygens (including phenoxy) is 7. The van der Waals surface area contributed by atoms with E-state index in [1.165, 1.54) is 13.8 Å². The first-order valence-corrected chi connectivity index (χ1v) is 22.7. The zero-order chi connectivity index (χ0) is 46.5. The van der Waals surface area contributed by atoms with Crippen LogP contribution in [-0.4, -0.2) is 162 Å². The Morgan fingerprint density at radius 3 is 2.21 bits per heavy atom. The smallest absolute Gasteiger partial charge is 0.311 e. The molecular weight excluding hydrogens is 799 g/mol. The summed E-state index contributed by atoms with van der Waals surface area (Å²) < 4.78 is 45.4. The molecule has 1 aromatic rings. The third kappa shape index (κ3) is 12.5. The molecule has 0 aliphatic carbocycles. The Bertz CT molecular complexity index is 1570. The van der Waals surface area contributed by atoms with Crippen molar-refractivity contribution in [2.75, 3.05) is 34.8 Å². The number of nitrogens with zero attached hydrogens (tertiary/aromatic N) is 2. The zero-order valence-corrected chi connectivity index (χ0v) is 40.2. The Balaban J connectivity index is 1.82. The molecule has 0 spiro atoms. The first kappa shape index (κ1) is 52.3. The molecule has 18 atom stereocenters. The summed E-state index contributed by atoms with van der Waals surface area (Å²) in [6.07, 6.45) is -6.64. The number of rotatable bonds is 11. The number of benzene rings is 1. The van der Waals surface area contributed by atoms with Gasteiger partial charge in [-0.1, -0.05) is 51.1 Å². The number of esters is 2. The number of likely N-dealkylation sites (N-methyl/N-ethyl adjacent to an activating group) is 1. The number of carbonyl (C=O) groups excluding carboxylic acids is 2. The molecular formula is C47H81N3O12. The predicted molar refractivity (Wildman–Crippen MR) is 235 cm³/mol. The van der Waals surface area contributed by atoms with Crippen LogP contribution in [0.2, 0.25) is 0 Å². The van der Waals surface area contributed by atoms with Gasteiger partial charge in [-0.25, -0.2) is 0 Å². The number of cyclic esters (lactones) is 1. The number of carbonyl (C=O) groups is 2. The minimum atomic E-state index is -1.79. The molecule has 3 heterocycles. The Kier molecular flexibility index (Phi) is 18.4. The molecule has 62 heavy (non-hydrogen) atoms. The second kappa shape index (κ2) is 21.8. The van der Waals surface area contributed by atoms with E-state index in [0.29, 0.717) is 19.5 Å². The fraction of sp³-hybridized carbons (Fsp3) is 0.830. The normalized spacial score (nSPS) is 43.3. The SMILES string of the molecule is CC[C@H]1OC(=O)[C@H](C)[C@@H](O[C@H]2C[C@@](C)(OC)[C@@H](NCc3ccccc3)[C@H](C)O2)[C@H](C)[C@@H](O[C@@H]2O[C@H](C)C[C@H](N(C)C)[C@H]2OC(C)=O)[C@](C)(O)C[C@@H](C)N(C)C[C@H](C)[C@@H](O)[C@]1(C)O. The van der Waals surface area contributed by atoms with E-state index >= 15 is 0 Å². The monoisotopic (exact) mass is 880 g/mol. The summed E-state index contributed by atoms with van der Waals surface area (Å²) in [4.78, 5) is 31.2. The number of nitrogens with one attached hydrogen (secondary N) is 1. The van der Waals surface area contributed by atoms with E-state index in [-0.39, 0.29) is 43.5 Å². The third-order valence-electron chi connectivity index (χ3n) is 14.0. The lowest BCUT2D eigenvalue weighted by Crippen LogP contribution is -2.63. The van der Waals surface area contributed by atoms with Gasteiger partial charge in [-0.3, -0.25) is 9.59 Å². The molecule has 0 amide bonds.